The molecule has 3 nitrogen and oxygen atoms in total. The fourth-order valence-corrected chi connectivity index (χ4v) is 1.60. The molecule has 0 aromatic heterocycles. The van der Waals surface area contributed by atoms with Crippen molar-refractivity contribution >= 4 is 10.1 Å². The number of hydrogen-bond acceptors (Lipinski definition) is 3. The molecule has 8 heteroatoms. The van der Waals surface area contributed by atoms with Crippen LogP contribution in [-0.2, 0) is 31.4 Å². The van der Waals surface area contributed by atoms with Gasteiger partial charge < -0.3 is 0 Å². The van der Waals surface area contributed by atoms with Crippen molar-refractivity contribution in [3.8, 4) is 0 Å². The summed E-state index contributed by atoms with van der Waals surface area (Å²) in [7, 11) is -4.74. The van der Waals surface area contributed by atoms with Gasteiger partial charge in [0.25, 0.3) is 0 Å². The third-order valence-electron chi connectivity index (χ3n) is 1.24. The van der Waals surface area contributed by atoms with Gasteiger partial charge in [-0.15, -0.1) is 13.2 Å². The molecule has 0 N–H and O–H groups in total. The molecule has 1 aromatic carbocycles. The molecule has 15 heavy (non-hydrogen) atoms. The SMILES string of the molecule is O=S(=O)(OC(F)(F)F)c1ccccc1.[Fe+3]. The zero-order valence-corrected chi connectivity index (χ0v) is 8.93. The van der Waals surface area contributed by atoms with Crippen LogP contribution >= 0.6 is 0 Å². The second-order valence-corrected chi connectivity index (χ2v) is 3.84. The van der Waals surface area contributed by atoms with E-state index in [-0.39, 0.29) is 17.1 Å². The zero-order valence-electron chi connectivity index (χ0n) is 7.01. The summed E-state index contributed by atoms with van der Waals surface area (Å²) in [5.41, 5.74) is 0. The number of alkyl halides is 3. The molecule has 1 rings (SSSR count). The summed E-state index contributed by atoms with van der Waals surface area (Å²) >= 11 is 0. The molecular formula is C7H5F3FeO3S+3. The summed E-state index contributed by atoms with van der Waals surface area (Å²) in [6.45, 7) is 0. The molecule has 1 aromatic rings. The molecule has 0 fully saturated rings. The second-order valence-electron chi connectivity index (χ2n) is 2.30. The van der Waals surface area contributed by atoms with Crippen molar-refractivity contribution in [2.45, 2.75) is 11.3 Å². The number of hydrogen-bond donors (Lipinski definition) is 0. The van der Waals surface area contributed by atoms with Crippen molar-refractivity contribution in [3.63, 3.8) is 0 Å². The number of halogens is 3. The van der Waals surface area contributed by atoms with E-state index in [2.05, 4.69) is 4.18 Å². The van der Waals surface area contributed by atoms with Gasteiger partial charge in [0.15, 0.2) is 0 Å². The van der Waals surface area contributed by atoms with Crippen molar-refractivity contribution in [1.82, 2.24) is 0 Å². The van der Waals surface area contributed by atoms with Crippen LogP contribution in [-0.4, -0.2) is 14.8 Å². The standard InChI is InChI=1S/C7H5F3O3S.Fe/c8-7(9,10)13-14(11,12)6-4-2-1-3-5-6;/h1-5H;/q;+3. The molecule has 0 spiro atoms. The molecule has 0 unspecified atom stereocenters. The first-order chi connectivity index (χ1) is 6.31. The predicted octanol–water partition coefficient (Wildman–Crippen LogP) is 1.91. The first-order valence-electron chi connectivity index (χ1n) is 3.39. The van der Waals surface area contributed by atoms with Gasteiger partial charge in [0, 0.05) is 0 Å². The van der Waals surface area contributed by atoms with Crippen LogP contribution in [0.1, 0.15) is 0 Å². The molecule has 0 saturated carbocycles. The van der Waals surface area contributed by atoms with Crippen LogP contribution in [0.5, 0.6) is 0 Å². The Morgan fingerprint density at radius 1 is 1.07 bits per heavy atom. The minimum atomic E-state index is -5.20. The summed E-state index contributed by atoms with van der Waals surface area (Å²) in [6, 6.07) is 6.11. The van der Waals surface area contributed by atoms with E-state index in [0.29, 0.717) is 0 Å². The Bertz CT molecular complexity index is 401. The number of benzene rings is 1. The van der Waals surface area contributed by atoms with Gasteiger partial charge in [0.1, 0.15) is 0 Å². The normalized spacial score (nSPS) is 11.9. The van der Waals surface area contributed by atoms with Crippen LogP contribution in [0.15, 0.2) is 35.2 Å². The summed E-state index contributed by atoms with van der Waals surface area (Å²) < 4.78 is 59.7. The van der Waals surface area contributed by atoms with Gasteiger partial charge in [0.2, 0.25) is 0 Å². The maximum atomic E-state index is 11.6. The van der Waals surface area contributed by atoms with Crippen LogP contribution in [0.2, 0.25) is 0 Å². The summed E-state index contributed by atoms with van der Waals surface area (Å²) in [5.74, 6) is 0. The van der Waals surface area contributed by atoms with Crippen molar-refractivity contribution in [1.29, 1.82) is 0 Å². The van der Waals surface area contributed by atoms with E-state index < -0.39 is 21.4 Å². The molecule has 83 valence electrons. The monoisotopic (exact) mass is 282 g/mol. The molecule has 1 radical (unpaired) electrons. The summed E-state index contributed by atoms with van der Waals surface area (Å²) in [5, 5.41) is 0. The van der Waals surface area contributed by atoms with Crippen molar-refractivity contribution in [2.24, 2.45) is 0 Å². The molecule has 0 amide bonds. The van der Waals surface area contributed by atoms with Crippen LogP contribution < -0.4 is 0 Å². The minimum absolute atomic E-state index is 0. The smallest absolute Gasteiger partial charge is 0.194 e. The van der Waals surface area contributed by atoms with E-state index in [9.17, 15) is 21.6 Å². The predicted molar refractivity (Wildman–Crippen MR) is 40.8 cm³/mol. The van der Waals surface area contributed by atoms with Gasteiger partial charge in [-0.25, -0.2) is 0 Å². The van der Waals surface area contributed by atoms with E-state index in [1.165, 1.54) is 18.2 Å². The fraction of sp³-hybridized carbons (Fsp3) is 0.143. The van der Waals surface area contributed by atoms with E-state index in [1.807, 2.05) is 0 Å². The maximum absolute atomic E-state index is 11.6. The number of rotatable bonds is 2. The topological polar surface area (TPSA) is 43.4 Å². The van der Waals surface area contributed by atoms with Crippen molar-refractivity contribution in [2.75, 3.05) is 0 Å². The Hall–Kier alpha value is -0.561. The average Bonchev–Trinajstić information content (AvgIpc) is 2.01. The molecule has 0 aliphatic heterocycles. The Morgan fingerprint density at radius 2 is 1.53 bits per heavy atom. The molecule has 0 aliphatic rings. The van der Waals surface area contributed by atoms with Gasteiger partial charge >= 0.3 is 33.5 Å². The van der Waals surface area contributed by atoms with Gasteiger partial charge in [-0.05, 0) is 12.1 Å². The quantitative estimate of drug-likeness (QED) is 0.614. The minimum Gasteiger partial charge on any atom is -0.194 e. The van der Waals surface area contributed by atoms with Crippen molar-refractivity contribution < 1.29 is 42.8 Å². The van der Waals surface area contributed by atoms with Gasteiger partial charge in [-0.3, -0.25) is 0 Å². The van der Waals surface area contributed by atoms with E-state index >= 15 is 0 Å². The maximum Gasteiger partial charge on any atom is 3.00 e. The van der Waals surface area contributed by atoms with E-state index in [0.717, 1.165) is 12.1 Å². The Kier molecular flexibility index (Phi) is 4.79. The van der Waals surface area contributed by atoms with Crippen LogP contribution in [0, 0.1) is 0 Å². The Morgan fingerprint density at radius 3 is 1.93 bits per heavy atom. The summed E-state index contributed by atoms with van der Waals surface area (Å²) in [4.78, 5) is -0.530. The molecule has 0 saturated heterocycles. The zero-order chi connectivity index (χ0) is 10.8. The van der Waals surface area contributed by atoms with Gasteiger partial charge in [-0.1, -0.05) is 18.2 Å². The Balaban J connectivity index is 0.00000196. The Labute approximate surface area is 94.8 Å². The van der Waals surface area contributed by atoms with E-state index in [4.69, 9.17) is 0 Å². The van der Waals surface area contributed by atoms with Crippen molar-refractivity contribution in [3.05, 3.63) is 30.3 Å². The largest absolute Gasteiger partial charge is 3.00 e. The first-order valence-corrected chi connectivity index (χ1v) is 4.79. The van der Waals surface area contributed by atoms with Gasteiger partial charge in [-0.2, -0.15) is 12.6 Å². The molecular weight excluding hydrogens is 277 g/mol. The average molecular weight is 282 g/mol. The van der Waals surface area contributed by atoms with Gasteiger partial charge in [0.05, 0.1) is 4.90 Å². The summed E-state index contributed by atoms with van der Waals surface area (Å²) in [6.07, 6.45) is -5.20. The molecule has 0 aliphatic carbocycles. The van der Waals surface area contributed by atoms with Crippen LogP contribution in [0.25, 0.3) is 0 Å². The molecule has 0 atom stereocenters. The molecule has 0 heterocycles. The molecule has 0 bridgehead atoms. The third kappa shape index (κ3) is 4.65. The van der Waals surface area contributed by atoms with Crippen LogP contribution in [0.3, 0.4) is 0 Å². The second kappa shape index (κ2) is 4.98. The first kappa shape index (κ1) is 14.4. The van der Waals surface area contributed by atoms with Crippen LogP contribution in [0.4, 0.5) is 13.2 Å². The van der Waals surface area contributed by atoms with E-state index in [1.54, 1.807) is 0 Å². The third-order valence-corrected chi connectivity index (χ3v) is 2.49. The fourth-order valence-electron chi connectivity index (χ4n) is 0.760.